The Kier molecular flexibility index (Phi) is 4.60. The molecule has 1 atom stereocenters. The third-order valence-corrected chi connectivity index (χ3v) is 3.84. The van der Waals surface area contributed by atoms with Crippen LogP contribution in [0.2, 0.25) is 5.02 Å². The first kappa shape index (κ1) is 16.6. The van der Waals surface area contributed by atoms with Crippen LogP contribution in [0, 0.1) is 0 Å². The molecular weight excluding hydrogens is 351 g/mol. The first-order chi connectivity index (χ1) is 11.4. The topological polar surface area (TPSA) is 56.5 Å². The lowest BCUT2D eigenvalue weighted by molar-refractivity contribution is -0.133. The van der Waals surface area contributed by atoms with E-state index >= 15 is 0 Å². The molecule has 1 heterocycles. The maximum atomic E-state index is 12.2. The van der Waals surface area contributed by atoms with Crippen molar-refractivity contribution in [3.8, 4) is 16.9 Å². The van der Waals surface area contributed by atoms with Crippen molar-refractivity contribution >= 4 is 40.1 Å². The van der Waals surface area contributed by atoms with Gasteiger partial charge in [-0.3, -0.25) is 4.79 Å². The zero-order valence-corrected chi connectivity index (χ0v) is 14.1. The van der Waals surface area contributed by atoms with Gasteiger partial charge in [-0.2, -0.15) is 0 Å². The fourth-order valence-electron chi connectivity index (χ4n) is 2.18. The number of alkyl halides is 1. The van der Waals surface area contributed by atoms with Gasteiger partial charge in [-0.05, 0) is 42.8 Å². The second kappa shape index (κ2) is 6.67. The smallest absolute Gasteiger partial charge is 0.344 e. The zero-order valence-electron chi connectivity index (χ0n) is 12.6. The van der Waals surface area contributed by atoms with Crippen LogP contribution in [0.15, 0.2) is 57.7 Å². The van der Waals surface area contributed by atoms with Gasteiger partial charge in [0, 0.05) is 16.5 Å². The monoisotopic (exact) mass is 362 g/mol. The molecule has 1 unspecified atom stereocenters. The number of hydrogen-bond donors (Lipinski definition) is 0. The van der Waals surface area contributed by atoms with E-state index in [0.29, 0.717) is 27.1 Å². The number of halogens is 2. The molecule has 122 valence electrons. The van der Waals surface area contributed by atoms with E-state index < -0.39 is 17.0 Å². The van der Waals surface area contributed by atoms with Crippen molar-refractivity contribution in [3.63, 3.8) is 0 Å². The fourth-order valence-corrected chi connectivity index (χ4v) is 2.35. The number of rotatable bonds is 3. The molecule has 3 rings (SSSR count). The second-order valence-electron chi connectivity index (χ2n) is 5.19. The SMILES string of the molecule is CC(Cl)C(=O)Oc1ccc2cc(-c3ccc(Cl)cc3)c(=O)oc2c1. The van der Waals surface area contributed by atoms with Gasteiger partial charge in [0.2, 0.25) is 0 Å². The summed E-state index contributed by atoms with van der Waals surface area (Å²) in [6.07, 6.45) is 0. The van der Waals surface area contributed by atoms with Gasteiger partial charge in [-0.25, -0.2) is 4.79 Å². The maximum Gasteiger partial charge on any atom is 0.344 e. The Balaban J connectivity index is 2.02. The van der Waals surface area contributed by atoms with Crippen LogP contribution >= 0.6 is 23.2 Å². The Labute approximate surface area is 147 Å². The molecule has 6 heteroatoms. The maximum absolute atomic E-state index is 12.2. The van der Waals surface area contributed by atoms with Crippen LogP contribution in [0.3, 0.4) is 0 Å². The molecule has 1 aromatic heterocycles. The molecular formula is C18H12Cl2O4. The number of hydrogen-bond acceptors (Lipinski definition) is 4. The highest BCUT2D eigenvalue weighted by Crippen LogP contribution is 2.25. The number of fused-ring (bicyclic) bond motifs is 1. The van der Waals surface area contributed by atoms with Crippen LogP contribution < -0.4 is 10.4 Å². The predicted molar refractivity (Wildman–Crippen MR) is 93.9 cm³/mol. The summed E-state index contributed by atoms with van der Waals surface area (Å²) in [5.74, 6) is -0.307. The first-order valence-corrected chi connectivity index (χ1v) is 7.95. The summed E-state index contributed by atoms with van der Waals surface area (Å²) in [6, 6.07) is 13.4. The summed E-state index contributed by atoms with van der Waals surface area (Å²) < 4.78 is 10.5. The highest BCUT2D eigenvalue weighted by molar-refractivity contribution is 6.30. The molecule has 0 aliphatic rings. The molecule has 0 N–H and O–H groups in total. The number of carbonyl (C=O) groups excluding carboxylic acids is 1. The molecule has 0 spiro atoms. The fraction of sp³-hybridized carbons (Fsp3) is 0.111. The largest absolute Gasteiger partial charge is 0.425 e. The van der Waals surface area contributed by atoms with E-state index in [4.69, 9.17) is 32.4 Å². The Hall–Kier alpha value is -2.30. The second-order valence-corrected chi connectivity index (χ2v) is 6.28. The lowest BCUT2D eigenvalue weighted by Crippen LogP contribution is -2.17. The number of benzene rings is 2. The molecule has 0 amide bonds. The van der Waals surface area contributed by atoms with Gasteiger partial charge in [0.05, 0.1) is 5.56 Å². The third-order valence-electron chi connectivity index (χ3n) is 3.41. The first-order valence-electron chi connectivity index (χ1n) is 7.13. The van der Waals surface area contributed by atoms with Crippen LogP contribution in [0.1, 0.15) is 6.92 Å². The molecule has 0 bridgehead atoms. The molecule has 3 aromatic rings. The van der Waals surface area contributed by atoms with Crippen molar-refractivity contribution in [1.82, 2.24) is 0 Å². The Morgan fingerprint density at radius 2 is 1.83 bits per heavy atom. The van der Waals surface area contributed by atoms with Crippen LogP contribution in [-0.4, -0.2) is 11.3 Å². The molecule has 0 aliphatic carbocycles. The van der Waals surface area contributed by atoms with E-state index in [1.807, 2.05) is 0 Å². The van der Waals surface area contributed by atoms with Gasteiger partial charge in [0.15, 0.2) is 0 Å². The van der Waals surface area contributed by atoms with Crippen molar-refractivity contribution < 1.29 is 13.9 Å². The van der Waals surface area contributed by atoms with E-state index in [1.165, 1.54) is 13.0 Å². The van der Waals surface area contributed by atoms with Crippen LogP contribution in [-0.2, 0) is 4.79 Å². The number of esters is 1. The summed E-state index contributed by atoms with van der Waals surface area (Å²) in [6.45, 7) is 1.52. The van der Waals surface area contributed by atoms with E-state index in [1.54, 1.807) is 42.5 Å². The average Bonchev–Trinajstić information content (AvgIpc) is 2.55. The van der Waals surface area contributed by atoms with Crippen molar-refractivity contribution in [3.05, 3.63) is 64.0 Å². The Bertz CT molecular complexity index is 959. The molecule has 24 heavy (non-hydrogen) atoms. The van der Waals surface area contributed by atoms with E-state index in [0.717, 1.165) is 0 Å². The molecule has 4 nitrogen and oxygen atoms in total. The molecule has 0 fully saturated rings. The van der Waals surface area contributed by atoms with Gasteiger partial charge in [-0.1, -0.05) is 23.7 Å². The zero-order chi connectivity index (χ0) is 17.3. The summed E-state index contributed by atoms with van der Waals surface area (Å²) >= 11 is 11.5. The van der Waals surface area contributed by atoms with Crippen LogP contribution in [0.25, 0.3) is 22.1 Å². The highest BCUT2D eigenvalue weighted by atomic mass is 35.5. The van der Waals surface area contributed by atoms with Gasteiger partial charge in [0.1, 0.15) is 16.7 Å². The Morgan fingerprint density at radius 1 is 1.12 bits per heavy atom. The minimum absolute atomic E-state index is 0.266. The van der Waals surface area contributed by atoms with Crippen LogP contribution in [0.4, 0.5) is 0 Å². The lowest BCUT2D eigenvalue weighted by atomic mass is 10.1. The predicted octanol–water partition coefficient (Wildman–Crippen LogP) is 4.65. The standard InChI is InChI=1S/C18H12Cl2O4/c1-10(19)17(21)23-14-7-4-12-8-15(18(22)24-16(12)9-14)11-2-5-13(20)6-3-11/h2-10H,1H3. The van der Waals surface area contributed by atoms with Gasteiger partial charge < -0.3 is 9.15 Å². The summed E-state index contributed by atoms with van der Waals surface area (Å²) in [4.78, 5) is 23.8. The molecule has 0 saturated heterocycles. The average molecular weight is 363 g/mol. The van der Waals surface area contributed by atoms with Crippen molar-refractivity contribution in [2.24, 2.45) is 0 Å². The molecule has 2 aromatic carbocycles. The molecule has 0 saturated carbocycles. The minimum Gasteiger partial charge on any atom is -0.425 e. The van der Waals surface area contributed by atoms with E-state index in [2.05, 4.69) is 0 Å². The molecule has 0 radical (unpaired) electrons. The van der Waals surface area contributed by atoms with Gasteiger partial charge in [0.25, 0.3) is 0 Å². The normalized spacial score (nSPS) is 12.1. The summed E-state index contributed by atoms with van der Waals surface area (Å²) in [5, 5.41) is 0.530. The lowest BCUT2D eigenvalue weighted by Gasteiger charge is -2.07. The summed E-state index contributed by atoms with van der Waals surface area (Å²) in [5.41, 5.74) is 0.976. The minimum atomic E-state index is -0.764. The van der Waals surface area contributed by atoms with Gasteiger partial charge >= 0.3 is 11.6 Å². The van der Waals surface area contributed by atoms with Crippen molar-refractivity contribution in [1.29, 1.82) is 0 Å². The number of carbonyl (C=O) groups is 1. The van der Waals surface area contributed by atoms with Crippen LogP contribution in [0.5, 0.6) is 5.75 Å². The quantitative estimate of drug-likeness (QED) is 0.294. The number of ether oxygens (including phenoxy) is 1. The van der Waals surface area contributed by atoms with Crippen molar-refractivity contribution in [2.75, 3.05) is 0 Å². The van der Waals surface area contributed by atoms with Crippen molar-refractivity contribution in [2.45, 2.75) is 12.3 Å². The van der Waals surface area contributed by atoms with Gasteiger partial charge in [-0.15, -0.1) is 11.6 Å². The Morgan fingerprint density at radius 3 is 2.50 bits per heavy atom. The van der Waals surface area contributed by atoms with E-state index in [9.17, 15) is 9.59 Å². The summed E-state index contributed by atoms with van der Waals surface area (Å²) in [7, 11) is 0. The third kappa shape index (κ3) is 3.45. The highest BCUT2D eigenvalue weighted by Gasteiger charge is 2.13. The van der Waals surface area contributed by atoms with E-state index in [-0.39, 0.29) is 5.75 Å². The molecule has 0 aliphatic heterocycles.